The number of hydrogen-bond acceptors (Lipinski definition) is 9. The predicted octanol–water partition coefficient (Wildman–Crippen LogP) is 5.47. The average Bonchev–Trinajstić information content (AvgIpc) is 3.40. The molecule has 5 rings (SSSR count). The lowest BCUT2D eigenvalue weighted by molar-refractivity contribution is -0.387. The van der Waals surface area contributed by atoms with Crippen LogP contribution in [0.5, 0.6) is 0 Å². The van der Waals surface area contributed by atoms with Gasteiger partial charge < -0.3 is 0 Å². The van der Waals surface area contributed by atoms with Gasteiger partial charge in [-0.25, -0.2) is 4.98 Å². The Labute approximate surface area is 213 Å². The summed E-state index contributed by atoms with van der Waals surface area (Å²) in [6, 6.07) is 13.2. The number of thiazole rings is 1. The minimum atomic E-state index is -0.520. The van der Waals surface area contributed by atoms with Gasteiger partial charge in [0.15, 0.2) is 4.34 Å². The van der Waals surface area contributed by atoms with Crippen LogP contribution >= 0.6 is 23.1 Å². The minimum Gasteiger partial charge on any atom is -0.274 e. The number of nitrogens with zero attached hydrogens (tertiary/aromatic N) is 5. The van der Waals surface area contributed by atoms with Crippen LogP contribution in [0.3, 0.4) is 0 Å². The first-order valence-electron chi connectivity index (χ1n) is 11.2. The van der Waals surface area contributed by atoms with Crippen LogP contribution in [0.15, 0.2) is 51.2 Å². The summed E-state index contributed by atoms with van der Waals surface area (Å²) < 4.78 is 1.33. The van der Waals surface area contributed by atoms with Crippen LogP contribution in [-0.2, 0) is 9.59 Å². The van der Waals surface area contributed by atoms with Crippen molar-refractivity contribution >= 4 is 62.6 Å². The number of anilines is 1. The van der Waals surface area contributed by atoms with Gasteiger partial charge in [-0.05, 0) is 48.7 Å². The predicted molar refractivity (Wildman–Crippen MR) is 134 cm³/mol. The number of nitro benzene ring substituents is 1. The number of aromatic nitrogens is 1. The number of benzene rings is 2. The molecule has 2 heterocycles. The molecule has 36 heavy (non-hydrogen) atoms. The van der Waals surface area contributed by atoms with Crippen LogP contribution < -0.4 is 4.90 Å². The summed E-state index contributed by atoms with van der Waals surface area (Å²) in [5.41, 5.74) is 1.25. The summed E-state index contributed by atoms with van der Waals surface area (Å²) in [6.07, 6.45) is 4.71. The molecular formula is C25H17N5O4S2. The molecule has 2 aromatic carbocycles. The lowest BCUT2D eigenvalue weighted by Crippen LogP contribution is -2.30. The SMILES string of the molecule is N#CC(C#N)=Cc1ccc(Sc2nc3ccc(N4C(=O)[C@@H]5CCCC[C@H]5C4=O)cc3s2)c([N+](=O)[O-])c1. The van der Waals surface area contributed by atoms with E-state index in [2.05, 4.69) is 4.98 Å². The van der Waals surface area contributed by atoms with Crippen molar-refractivity contribution in [3.05, 3.63) is 57.6 Å². The fourth-order valence-corrected chi connectivity index (χ4v) is 6.84. The molecule has 1 saturated heterocycles. The lowest BCUT2D eigenvalue weighted by atomic mass is 9.81. The summed E-state index contributed by atoms with van der Waals surface area (Å²) >= 11 is 2.45. The monoisotopic (exact) mass is 515 g/mol. The number of nitriles is 2. The van der Waals surface area contributed by atoms with Crippen LogP contribution in [0.2, 0.25) is 0 Å². The van der Waals surface area contributed by atoms with Crippen molar-refractivity contribution in [3.8, 4) is 12.1 Å². The van der Waals surface area contributed by atoms with Crippen molar-refractivity contribution in [2.75, 3.05) is 4.90 Å². The van der Waals surface area contributed by atoms with Crippen molar-refractivity contribution in [1.29, 1.82) is 10.5 Å². The largest absolute Gasteiger partial charge is 0.283 e. The smallest absolute Gasteiger partial charge is 0.274 e. The van der Waals surface area contributed by atoms with E-state index in [0.29, 0.717) is 26.0 Å². The van der Waals surface area contributed by atoms with E-state index in [1.54, 1.807) is 42.5 Å². The van der Waals surface area contributed by atoms with Gasteiger partial charge in [-0.3, -0.25) is 24.6 Å². The zero-order valence-electron chi connectivity index (χ0n) is 18.7. The molecule has 9 nitrogen and oxygen atoms in total. The molecular weight excluding hydrogens is 498 g/mol. The second-order valence-corrected chi connectivity index (χ2v) is 10.8. The van der Waals surface area contributed by atoms with E-state index in [1.165, 1.54) is 28.4 Å². The third-order valence-corrected chi connectivity index (χ3v) is 8.52. The molecule has 0 bridgehead atoms. The van der Waals surface area contributed by atoms with Crippen LogP contribution in [-0.4, -0.2) is 21.7 Å². The van der Waals surface area contributed by atoms with Gasteiger partial charge in [-0.1, -0.05) is 30.7 Å². The Hall–Kier alpha value is -4.06. The Morgan fingerprint density at radius 1 is 1.11 bits per heavy atom. The zero-order chi connectivity index (χ0) is 25.4. The van der Waals surface area contributed by atoms with Crippen molar-refractivity contribution < 1.29 is 14.5 Å². The van der Waals surface area contributed by atoms with Crippen LogP contribution in [0, 0.1) is 44.6 Å². The quantitative estimate of drug-likeness (QED) is 0.189. The maximum atomic E-state index is 13.0. The molecule has 2 aliphatic rings. The standard InChI is InChI=1S/C25H17N5O4S2/c26-12-15(13-27)9-14-5-8-21(20(10-14)30(33)34)35-25-28-19-7-6-16(11-22(19)36-25)29-23(31)17-3-1-2-4-18(17)24(29)32/h5-11,17-18H,1-4H2/t17-,18-/m1/s1. The minimum absolute atomic E-state index is 0.135. The number of imide groups is 1. The van der Waals surface area contributed by atoms with Gasteiger partial charge in [0.25, 0.3) is 5.69 Å². The van der Waals surface area contributed by atoms with Gasteiger partial charge in [0.1, 0.15) is 17.7 Å². The molecule has 3 aromatic rings. The second-order valence-electron chi connectivity index (χ2n) is 8.51. The fraction of sp³-hybridized carbons (Fsp3) is 0.240. The third kappa shape index (κ3) is 4.24. The first-order chi connectivity index (χ1) is 17.4. The Balaban J connectivity index is 1.44. The maximum Gasteiger partial charge on any atom is 0.283 e. The van der Waals surface area contributed by atoms with Gasteiger partial charge >= 0.3 is 0 Å². The van der Waals surface area contributed by atoms with Crippen LogP contribution in [0.25, 0.3) is 16.3 Å². The zero-order valence-corrected chi connectivity index (χ0v) is 20.3. The summed E-state index contributed by atoms with van der Waals surface area (Å²) in [5, 5.41) is 29.5. The third-order valence-electron chi connectivity index (χ3n) is 6.38. The van der Waals surface area contributed by atoms with E-state index in [1.807, 2.05) is 0 Å². The van der Waals surface area contributed by atoms with Crippen LogP contribution in [0.1, 0.15) is 31.2 Å². The average molecular weight is 516 g/mol. The molecule has 2 amide bonds. The molecule has 11 heteroatoms. The summed E-state index contributed by atoms with van der Waals surface area (Å²) in [5.74, 6) is -0.733. The molecule has 0 spiro atoms. The lowest BCUT2D eigenvalue weighted by Gasteiger charge is -2.19. The number of fused-ring (bicyclic) bond motifs is 2. The van der Waals surface area contributed by atoms with E-state index in [0.717, 1.165) is 42.1 Å². The highest BCUT2D eigenvalue weighted by Gasteiger charge is 2.48. The number of carbonyl (C=O) groups is 2. The van der Waals surface area contributed by atoms with Gasteiger partial charge in [0.2, 0.25) is 11.8 Å². The van der Waals surface area contributed by atoms with Gasteiger partial charge in [0, 0.05) is 6.07 Å². The maximum absolute atomic E-state index is 13.0. The van der Waals surface area contributed by atoms with E-state index >= 15 is 0 Å². The first kappa shape index (κ1) is 23.7. The number of nitro groups is 1. The normalized spacial score (nSPS) is 19.0. The van der Waals surface area contributed by atoms with Crippen molar-refractivity contribution in [1.82, 2.24) is 4.98 Å². The Morgan fingerprint density at radius 2 is 1.81 bits per heavy atom. The first-order valence-corrected chi connectivity index (χ1v) is 12.8. The molecule has 0 radical (unpaired) electrons. The van der Waals surface area contributed by atoms with Crippen LogP contribution in [0.4, 0.5) is 11.4 Å². The topological polar surface area (TPSA) is 141 Å². The van der Waals surface area contributed by atoms with Crippen molar-refractivity contribution in [2.45, 2.75) is 34.9 Å². The summed E-state index contributed by atoms with van der Waals surface area (Å²) in [7, 11) is 0. The van der Waals surface area contributed by atoms with Crippen molar-refractivity contribution in [3.63, 3.8) is 0 Å². The fourth-order valence-electron chi connectivity index (χ4n) is 4.70. The van der Waals surface area contributed by atoms with Gasteiger partial charge in [0.05, 0.1) is 37.6 Å². The van der Waals surface area contributed by atoms with E-state index in [4.69, 9.17) is 10.5 Å². The Kier molecular flexibility index (Phi) is 6.27. The Bertz CT molecular complexity index is 1510. The molecule has 178 valence electrons. The number of amides is 2. The van der Waals surface area contributed by atoms with E-state index < -0.39 is 4.92 Å². The molecule has 1 aliphatic carbocycles. The molecule has 2 atom stereocenters. The Morgan fingerprint density at radius 3 is 2.44 bits per heavy atom. The summed E-state index contributed by atoms with van der Waals surface area (Å²) in [6.45, 7) is 0. The molecule has 1 aromatic heterocycles. The van der Waals surface area contributed by atoms with E-state index in [9.17, 15) is 19.7 Å². The molecule has 1 saturated carbocycles. The van der Waals surface area contributed by atoms with Gasteiger partial charge in [-0.15, -0.1) is 11.3 Å². The summed E-state index contributed by atoms with van der Waals surface area (Å²) in [4.78, 5) is 43.3. The number of hydrogen-bond donors (Lipinski definition) is 0. The van der Waals surface area contributed by atoms with Crippen molar-refractivity contribution in [2.24, 2.45) is 11.8 Å². The molecule has 0 unspecified atom stereocenters. The molecule has 2 fully saturated rings. The number of rotatable bonds is 5. The number of allylic oxidation sites excluding steroid dienone is 1. The molecule has 0 N–H and O–H groups in total. The number of carbonyl (C=O) groups excluding carboxylic acids is 2. The highest BCUT2D eigenvalue weighted by molar-refractivity contribution is 8.01. The highest BCUT2D eigenvalue weighted by Crippen LogP contribution is 2.43. The molecule has 1 aliphatic heterocycles. The second kappa shape index (κ2) is 9.53. The van der Waals surface area contributed by atoms with E-state index in [-0.39, 0.29) is 34.9 Å². The van der Waals surface area contributed by atoms with Gasteiger partial charge in [-0.2, -0.15) is 10.5 Å². The highest BCUT2D eigenvalue weighted by atomic mass is 32.2.